The lowest BCUT2D eigenvalue weighted by Crippen LogP contribution is -2.10. The second-order valence-corrected chi connectivity index (χ2v) is 6.01. The zero-order chi connectivity index (χ0) is 15.3. The van der Waals surface area contributed by atoms with E-state index >= 15 is 0 Å². The zero-order valence-corrected chi connectivity index (χ0v) is 13.5. The summed E-state index contributed by atoms with van der Waals surface area (Å²) in [5.41, 5.74) is 6.88. The van der Waals surface area contributed by atoms with Gasteiger partial charge in [-0.3, -0.25) is 4.98 Å². The summed E-state index contributed by atoms with van der Waals surface area (Å²) in [6.45, 7) is 2.25. The van der Waals surface area contributed by atoms with Crippen molar-refractivity contribution >= 4 is 0 Å². The molecule has 1 rings (SSSR count). The molecule has 0 spiro atoms. The van der Waals surface area contributed by atoms with Crippen LogP contribution < -0.4 is 5.73 Å². The Morgan fingerprint density at radius 3 is 2.10 bits per heavy atom. The lowest BCUT2D eigenvalue weighted by Gasteiger charge is -2.11. The maximum Gasteiger partial charge on any atom is 0.141 e. The molecule has 2 N–H and O–H groups in total. The molecule has 2 nitrogen and oxygen atoms in total. The van der Waals surface area contributed by atoms with Crippen molar-refractivity contribution < 1.29 is 4.39 Å². The van der Waals surface area contributed by atoms with Crippen LogP contribution in [0.1, 0.15) is 89.2 Å². The van der Waals surface area contributed by atoms with Crippen LogP contribution in [0.25, 0.3) is 0 Å². The predicted molar refractivity (Wildman–Crippen MR) is 87.6 cm³/mol. The molecule has 0 saturated heterocycles. The number of halogens is 1. The molecule has 0 aliphatic heterocycles. The van der Waals surface area contributed by atoms with Gasteiger partial charge in [0.1, 0.15) is 5.82 Å². The molecule has 21 heavy (non-hydrogen) atoms. The standard InChI is InChI=1S/C18H31FN2/c1-2-3-4-5-6-7-8-9-10-11-12-18(20)16-13-17(19)15-21-14-16/h13-15,18H,2-12,20H2,1H3. The Labute approximate surface area is 129 Å². The first-order valence-corrected chi connectivity index (χ1v) is 8.60. The highest BCUT2D eigenvalue weighted by Gasteiger charge is 2.06. The van der Waals surface area contributed by atoms with Gasteiger partial charge in [0.2, 0.25) is 0 Å². The van der Waals surface area contributed by atoms with E-state index in [1.54, 1.807) is 6.20 Å². The molecule has 120 valence electrons. The summed E-state index contributed by atoms with van der Waals surface area (Å²) >= 11 is 0. The van der Waals surface area contributed by atoms with Crippen molar-refractivity contribution in [2.45, 2.75) is 83.6 Å². The van der Waals surface area contributed by atoms with E-state index in [2.05, 4.69) is 11.9 Å². The number of pyridine rings is 1. The topological polar surface area (TPSA) is 38.9 Å². The van der Waals surface area contributed by atoms with E-state index in [-0.39, 0.29) is 11.9 Å². The van der Waals surface area contributed by atoms with Crippen LogP contribution in [-0.2, 0) is 0 Å². The Morgan fingerprint density at radius 1 is 0.952 bits per heavy atom. The van der Waals surface area contributed by atoms with Gasteiger partial charge in [0.25, 0.3) is 0 Å². The maximum absolute atomic E-state index is 13.0. The van der Waals surface area contributed by atoms with E-state index in [1.165, 1.54) is 70.1 Å². The molecule has 1 atom stereocenters. The van der Waals surface area contributed by atoms with Crippen LogP contribution in [0.2, 0.25) is 0 Å². The zero-order valence-electron chi connectivity index (χ0n) is 13.5. The Kier molecular flexibility index (Phi) is 10.1. The van der Waals surface area contributed by atoms with E-state index in [1.807, 2.05) is 0 Å². The molecule has 1 aromatic rings. The van der Waals surface area contributed by atoms with Crippen molar-refractivity contribution in [1.82, 2.24) is 4.98 Å². The summed E-state index contributed by atoms with van der Waals surface area (Å²) in [4.78, 5) is 3.85. The van der Waals surface area contributed by atoms with Gasteiger partial charge in [0, 0.05) is 12.2 Å². The van der Waals surface area contributed by atoms with Crippen molar-refractivity contribution in [3.63, 3.8) is 0 Å². The number of nitrogens with two attached hydrogens (primary N) is 1. The van der Waals surface area contributed by atoms with Crippen molar-refractivity contribution in [3.8, 4) is 0 Å². The van der Waals surface area contributed by atoms with Crippen molar-refractivity contribution in [3.05, 3.63) is 29.8 Å². The quantitative estimate of drug-likeness (QED) is 0.515. The summed E-state index contributed by atoms with van der Waals surface area (Å²) in [5.74, 6) is -0.300. The number of aromatic nitrogens is 1. The van der Waals surface area contributed by atoms with Crippen molar-refractivity contribution in [2.24, 2.45) is 5.73 Å². The predicted octanol–water partition coefficient (Wildman–Crippen LogP) is 5.53. The highest BCUT2D eigenvalue weighted by Crippen LogP contribution is 2.18. The molecular formula is C18H31FN2. The van der Waals surface area contributed by atoms with Gasteiger partial charge >= 0.3 is 0 Å². The molecule has 0 amide bonds. The fourth-order valence-corrected chi connectivity index (χ4v) is 2.65. The summed E-state index contributed by atoms with van der Waals surface area (Å²) < 4.78 is 13.0. The van der Waals surface area contributed by atoms with E-state index in [4.69, 9.17) is 5.73 Å². The van der Waals surface area contributed by atoms with Crippen LogP contribution in [-0.4, -0.2) is 4.98 Å². The molecule has 0 aliphatic rings. The highest BCUT2D eigenvalue weighted by molar-refractivity contribution is 5.14. The van der Waals surface area contributed by atoms with Gasteiger partial charge in [-0.15, -0.1) is 0 Å². The van der Waals surface area contributed by atoms with Gasteiger partial charge in [0.05, 0.1) is 6.20 Å². The lowest BCUT2D eigenvalue weighted by molar-refractivity contribution is 0.526. The van der Waals surface area contributed by atoms with Crippen molar-refractivity contribution in [2.75, 3.05) is 0 Å². The summed E-state index contributed by atoms with van der Waals surface area (Å²) in [7, 11) is 0. The lowest BCUT2D eigenvalue weighted by atomic mass is 10.0. The minimum atomic E-state index is -0.300. The minimum absolute atomic E-state index is 0.0813. The first-order valence-electron chi connectivity index (χ1n) is 8.60. The van der Waals surface area contributed by atoms with Crippen LogP contribution in [0.5, 0.6) is 0 Å². The summed E-state index contributed by atoms with van der Waals surface area (Å²) in [5, 5.41) is 0. The van der Waals surface area contributed by atoms with Crippen LogP contribution in [0.3, 0.4) is 0 Å². The second kappa shape index (κ2) is 11.7. The second-order valence-electron chi connectivity index (χ2n) is 6.01. The third-order valence-corrected chi connectivity index (χ3v) is 4.02. The molecule has 0 aromatic carbocycles. The average molecular weight is 294 g/mol. The molecule has 0 aliphatic carbocycles. The van der Waals surface area contributed by atoms with Crippen LogP contribution in [0.15, 0.2) is 18.5 Å². The van der Waals surface area contributed by atoms with Gasteiger partial charge in [-0.25, -0.2) is 4.39 Å². The molecule has 0 fully saturated rings. The van der Waals surface area contributed by atoms with Gasteiger partial charge in [-0.1, -0.05) is 71.1 Å². The van der Waals surface area contributed by atoms with Gasteiger partial charge in [-0.05, 0) is 18.1 Å². The molecule has 3 heteroatoms. The largest absolute Gasteiger partial charge is 0.324 e. The minimum Gasteiger partial charge on any atom is -0.324 e. The van der Waals surface area contributed by atoms with Crippen molar-refractivity contribution in [1.29, 1.82) is 0 Å². The van der Waals surface area contributed by atoms with Gasteiger partial charge < -0.3 is 5.73 Å². The third kappa shape index (κ3) is 8.82. The summed E-state index contributed by atoms with van der Waals surface area (Å²) in [6, 6.07) is 1.41. The number of nitrogens with zero attached hydrogens (tertiary/aromatic N) is 1. The Balaban J connectivity index is 1.96. The summed E-state index contributed by atoms with van der Waals surface area (Å²) in [6.07, 6.45) is 17.0. The normalized spacial score (nSPS) is 12.5. The smallest absolute Gasteiger partial charge is 0.141 e. The molecule has 1 aromatic heterocycles. The molecule has 1 unspecified atom stereocenters. The van der Waals surface area contributed by atoms with Crippen LogP contribution >= 0.6 is 0 Å². The van der Waals surface area contributed by atoms with Gasteiger partial charge in [-0.2, -0.15) is 0 Å². The maximum atomic E-state index is 13.0. The fraction of sp³-hybridized carbons (Fsp3) is 0.722. The van der Waals surface area contributed by atoms with E-state index in [0.717, 1.165) is 18.4 Å². The number of hydrogen-bond acceptors (Lipinski definition) is 2. The van der Waals surface area contributed by atoms with Gasteiger partial charge in [0.15, 0.2) is 0 Å². The van der Waals surface area contributed by atoms with E-state index in [0.29, 0.717) is 0 Å². The Bertz CT molecular complexity index is 368. The van der Waals surface area contributed by atoms with E-state index in [9.17, 15) is 4.39 Å². The molecule has 1 heterocycles. The van der Waals surface area contributed by atoms with Crippen LogP contribution in [0, 0.1) is 5.82 Å². The third-order valence-electron chi connectivity index (χ3n) is 4.02. The monoisotopic (exact) mass is 294 g/mol. The fourth-order valence-electron chi connectivity index (χ4n) is 2.65. The number of rotatable bonds is 12. The number of hydrogen-bond donors (Lipinski definition) is 1. The number of unbranched alkanes of at least 4 members (excludes halogenated alkanes) is 9. The average Bonchev–Trinajstić information content (AvgIpc) is 2.49. The molecule has 0 radical (unpaired) electrons. The highest BCUT2D eigenvalue weighted by atomic mass is 19.1. The Morgan fingerprint density at radius 2 is 1.52 bits per heavy atom. The molecular weight excluding hydrogens is 263 g/mol. The molecule has 0 bridgehead atoms. The molecule has 0 saturated carbocycles. The van der Waals surface area contributed by atoms with E-state index < -0.39 is 0 Å². The SMILES string of the molecule is CCCCCCCCCCCCC(N)c1cncc(F)c1. The first-order chi connectivity index (χ1) is 10.2. The first kappa shape index (κ1) is 18.1. The Hall–Kier alpha value is -0.960. The van der Waals surface area contributed by atoms with Crippen LogP contribution in [0.4, 0.5) is 4.39 Å².